The zero-order valence-corrected chi connectivity index (χ0v) is 14.3. The predicted octanol–water partition coefficient (Wildman–Crippen LogP) is 3.93. The van der Waals surface area contributed by atoms with E-state index in [1.807, 2.05) is 25.1 Å². The molecule has 4 heteroatoms. The van der Waals surface area contributed by atoms with Gasteiger partial charge in [0.05, 0.1) is 6.04 Å². The van der Waals surface area contributed by atoms with E-state index in [-0.39, 0.29) is 17.9 Å². The van der Waals surface area contributed by atoms with E-state index in [0.29, 0.717) is 5.92 Å². The van der Waals surface area contributed by atoms with Gasteiger partial charge in [0, 0.05) is 17.5 Å². The van der Waals surface area contributed by atoms with Crippen molar-refractivity contribution in [3.8, 4) is 0 Å². The molecule has 0 bridgehead atoms. The molecule has 1 unspecified atom stereocenters. The summed E-state index contributed by atoms with van der Waals surface area (Å²) >= 11 is 6.14. The van der Waals surface area contributed by atoms with Gasteiger partial charge < -0.3 is 10.6 Å². The summed E-state index contributed by atoms with van der Waals surface area (Å²) in [5.41, 5.74) is 1.13. The van der Waals surface area contributed by atoms with Crippen molar-refractivity contribution in [2.24, 2.45) is 11.8 Å². The standard InChI is InChI=1S/C18H27ClN2O/c1-3-20-12-13(2)18(22)21-17(14-7-4-5-8-14)15-9-6-10-16(19)11-15/h6,9-11,13-14,17,20H,3-5,7-8,12H2,1-2H3,(H,21,22)/t13?,17-/m0/s1. The minimum absolute atomic E-state index is 0.0250. The van der Waals surface area contributed by atoms with Gasteiger partial charge in [0.15, 0.2) is 0 Å². The first-order valence-corrected chi connectivity index (χ1v) is 8.76. The lowest BCUT2D eigenvalue weighted by Crippen LogP contribution is -2.39. The fourth-order valence-electron chi connectivity index (χ4n) is 3.21. The maximum Gasteiger partial charge on any atom is 0.224 e. The van der Waals surface area contributed by atoms with Crippen molar-refractivity contribution in [2.75, 3.05) is 13.1 Å². The molecule has 1 aromatic carbocycles. The Morgan fingerprint density at radius 1 is 1.36 bits per heavy atom. The van der Waals surface area contributed by atoms with Gasteiger partial charge in [-0.2, -0.15) is 0 Å². The Kier molecular flexibility index (Phi) is 6.71. The van der Waals surface area contributed by atoms with Crippen LogP contribution in [0.3, 0.4) is 0 Å². The van der Waals surface area contributed by atoms with E-state index < -0.39 is 0 Å². The van der Waals surface area contributed by atoms with Crippen LogP contribution in [0.15, 0.2) is 24.3 Å². The lowest BCUT2D eigenvalue weighted by molar-refractivity contribution is -0.125. The van der Waals surface area contributed by atoms with Crippen LogP contribution in [0.5, 0.6) is 0 Å². The fraction of sp³-hybridized carbons (Fsp3) is 0.611. The number of rotatable bonds is 7. The van der Waals surface area contributed by atoms with Crippen LogP contribution in [-0.4, -0.2) is 19.0 Å². The molecule has 0 radical (unpaired) electrons. The minimum atomic E-state index is -0.0250. The quantitative estimate of drug-likeness (QED) is 0.798. The number of amides is 1. The van der Waals surface area contributed by atoms with Gasteiger partial charge in [-0.1, -0.05) is 50.4 Å². The second kappa shape index (κ2) is 8.54. The van der Waals surface area contributed by atoms with Crippen LogP contribution in [-0.2, 0) is 4.79 Å². The molecule has 122 valence electrons. The number of halogens is 1. The summed E-state index contributed by atoms with van der Waals surface area (Å²) in [7, 11) is 0. The molecule has 2 rings (SSSR count). The molecule has 0 saturated heterocycles. The summed E-state index contributed by atoms with van der Waals surface area (Å²) in [5, 5.41) is 7.24. The lowest BCUT2D eigenvalue weighted by Gasteiger charge is -2.27. The Morgan fingerprint density at radius 3 is 2.73 bits per heavy atom. The average molecular weight is 323 g/mol. The van der Waals surface area contributed by atoms with Crippen molar-refractivity contribution in [1.29, 1.82) is 0 Å². The highest BCUT2D eigenvalue weighted by Gasteiger charge is 2.29. The smallest absolute Gasteiger partial charge is 0.224 e. The molecular weight excluding hydrogens is 296 g/mol. The summed E-state index contributed by atoms with van der Waals surface area (Å²) in [6.07, 6.45) is 4.87. The molecule has 0 spiro atoms. The molecule has 0 aromatic heterocycles. The van der Waals surface area contributed by atoms with Crippen LogP contribution in [0.4, 0.5) is 0 Å². The molecule has 3 nitrogen and oxygen atoms in total. The Hall–Kier alpha value is -1.06. The molecule has 2 atom stereocenters. The molecule has 22 heavy (non-hydrogen) atoms. The van der Waals surface area contributed by atoms with Crippen molar-refractivity contribution >= 4 is 17.5 Å². The highest BCUT2D eigenvalue weighted by Crippen LogP contribution is 2.36. The van der Waals surface area contributed by atoms with E-state index in [2.05, 4.69) is 23.6 Å². The van der Waals surface area contributed by atoms with Crippen molar-refractivity contribution in [3.63, 3.8) is 0 Å². The fourth-order valence-corrected chi connectivity index (χ4v) is 3.41. The number of nitrogens with one attached hydrogen (secondary N) is 2. The van der Waals surface area contributed by atoms with Crippen molar-refractivity contribution in [2.45, 2.75) is 45.6 Å². The third-order valence-electron chi connectivity index (χ3n) is 4.52. The normalized spacial score (nSPS) is 18.1. The maximum absolute atomic E-state index is 12.5. The molecule has 1 amide bonds. The number of carbonyl (C=O) groups excluding carboxylic acids is 1. The highest BCUT2D eigenvalue weighted by molar-refractivity contribution is 6.30. The largest absolute Gasteiger partial charge is 0.349 e. The van der Waals surface area contributed by atoms with Gasteiger partial charge in [-0.05, 0) is 43.0 Å². The third-order valence-corrected chi connectivity index (χ3v) is 4.76. The molecule has 1 aromatic rings. The van der Waals surface area contributed by atoms with E-state index in [4.69, 9.17) is 11.6 Å². The van der Waals surface area contributed by atoms with E-state index in [1.54, 1.807) is 0 Å². The molecule has 1 saturated carbocycles. The molecular formula is C18H27ClN2O. The summed E-state index contributed by atoms with van der Waals surface area (Å²) < 4.78 is 0. The molecule has 1 fully saturated rings. The Labute approximate surface area is 138 Å². The third kappa shape index (κ3) is 4.72. The van der Waals surface area contributed by atoms with Crippen LogP contribution in [0.2, 0.25) is 5.02 Å². The van der Waals surface area contributed by atoms with Crippen LogP contribution < -0.4 is 10.6 Å². The van der Waals surface area contributed by atoms with Gasteiger partial charge in [0.25, 0.3) is 0 Å². The van der Waals surface area contributed by atoms with Gasteiger partial charge in [-0.3, -0.25) is 4.79 Å². The van der Waals surface area contributed by atoms with Crippen molar-refractivity contribution in [3.05, 3.63) is 34.9 Å². The Bertz CT molecular complexity index is 486. The van der Waals surface area contributed by atoms with E-state index in [1.165, 1.54) is 25.7 Å². The van der Waals surface area contributed by atoms with Gasteiger partial charge in [-0.25, -0.2) is 0 Å². The summed E-state index contributed by atoms with van der Waals surface area (Å²) in [5.74, 6) is 0.620. The van der Waals surface area contributed by atoms with Gasteiger partial charge in [0.1, 0.15) is 0 Å². The lowest BCUT2D eigenvalue weighted by atomic mass is 9.91. The van der Waals surface area contributed by atoms with E-state index in [9.17, 15) is 4.79 Å². The van der Waals surface area contributed by atoms with Crippen LogP contribution in [0.1, 0.15) is 51.1 Å². The zero-order chi connectivity index (χ0) is 15.9. The van der Waals surface area contributed by atoms with Crippen molar-refractivity contribution in [1.82, 2.24) is 10.6 Å². The molecule has 0 heterocycles. The number of hydrogen-bond acceptors (Lipinski definition) is 2. The van der Waals surface area contributed by atoms with E-state index >= 15 is 0 Å². The first-order valence-electron chi connectivity index (χ1n) is 8.38. The van der Waals surface area contributed by atoms with Crippen LogP contribution >= 0.6 is 11.6 Å². The summed E-state index contributed by atoms with van der Waals surface area (Å²) in [4.78, 5) is 12.5. The Balaban J connectivity index is 2.09. The maximum atomic E-state index is 12.5. The second-order valence-corrected chi connectivity index (χ2v) is 6.73. The molecule has 0 aliphatic heterocycles. The van der Waals surface area contributed by atoms with Crippen molar-refractivity contribution < 1.29 is 4.79 Å². The first-order chi connectivity index (χ1) is 10.6. The number of benzene rings is 1. The topological polar surface area (TPSA) is 41.1 Å². The highest BCUT2D eigenvalue weighted by atomic mass is 35.5. The van der Waals surface area contributed by atoms with Crippen LogP contribution in [0, 0.1) is 11.8 Å². The average Bonchev–Trinajstić information content (AvgIpc) is 3.04. The number of carbonyl (C=O) groups is 1. The number of hydrogen-bond donors (Lipinski definition) is 2. The molecule has 1 aliphatic carbocycles. The van der Waals surface area contributed by atoms with Gasteiger partial charge in [-0.15, -0.1) is 0 Å². The van der Waals surface area contributed by atoms with Gasteiger partial charge >= 0.3 is 0 Å². The molecule has 1 aliphatic rings. The minimum Gasteiger partial charge on any atom is -0.349 e. The van der Waals surface area contributed by atoms with Crippen LogP contribution in [0.25, 0.3) is 0 Å². The summed E-state index contributed by atoms with van der Waals surface area (Å²) in [6, 6.07) is 7.99. The first kappa shape index (κ1) is 17.3. The second-order valence-electron chi connectivity index (χ2n) is 6.29. The SMILES string of the molecule is CCNCC(C)C(=O)N[C@H](c1cccc(Cl)c1)C1CCCC1. The monoisotopic (exact) mass is 322 g/mol. The Morgan fingerprint density at radius 2 is 2.09 bits per heavy atom. The predicted molar refractivity (Wildman–Crippen MR) is 92.0 cm³/mol. The van der Waals surface area contributed by atoms with E-state index in [0.717, 1.165) is 23.7 Å². The molecule has 2 N–H and O–H groups in total. The zero-order valence-electron chi connectivity index (χ0n) is 13.6. The summed E-state index contributed by atoms with van der Waals surface area (Å²) in [6.45, 7) is 5.63. The van der Waals surface area contributed by atoms with Gasteiger partial charge in [0.2, 0.25) is 5.91 Å².